The summed E-state index contributed by atoms with van der Waals surface area (Å²) in [5.74, 6) is 2.39. The standard InChI is InChI=1S/C16H19N3O3/c1-11-5-6-14(22-11)13-4-2-7-18(13)16(20)12-10-15-19(17-12)8-3-9-21-15/h5-6,10,13H,2-4,7-9H2,1H3. The minimum absolute atomic E-state index is 0.0147. The molecular formula is C16H19N3O3. The highest BCUT2D eigenvalue weighted by atomic mass is 16.5. The Morgan fingerprint density at radius 1 is 1.32 bits per heavy atom. The van der Waals surface area contributed by atoms with Crippen LogP contribution in [0.2, 0.25) is 0 Å². The van der Waals surface area contributed by atoms with Crippen molar-refractivity contribution in [3.05, 3.63) is 35.4 Å². The predicted octanol–water partition coefficient (Wildman–Crippen LogP) is 2.54. The molecule has 0 aromatic carbocycles. The van der Waals surface area contributed by atoms with Crippen LogP contribution in [0.15, 0.2) is 22.6 Å². The summed E-state index contributed by atoms with van der Waals surface area (Å²) in [5.41, 5.74) is 0.465. The normalized spacial score (nSPS) is 20.8. The summed E-state index contributed by atoms with van der Waals surface area (Å²) in [5, 5.41) is 4.40. The molecule has 1 amide bonds. The molecule has 0 radical (unpaired) electrons. The molecule has 4 rings (SSSR count). The lowest BCUT2D eigenvalue weighted by Crippen LogP contribution is -2.30. The highest BCUT2D eigenvalue weighted by Crippen LogP contribution is 2.34. The third kappa shape index (κ3) is 2.19. The van der Waals surface area contributed by atoms with E-state index in [0.29, 0.717) is 18.2 Å². The van der Waals surface area contributed by atoms with E-state index in [1.165, 1.54) is 0 Å². The summed E-state index contributed by atoms with van der Waals surface area (Å²) in [6, 6.07) is 5.68. The molecule has 1 atom stereocenters. The van der Waals surface area contributed by atoms with Crippen LogP contribution in [0.1, 0.15) is 47.3 Å². The maximum Gasteiger partial charge on any atom is 0.275 e. The lowest BCUT2D eigenvalue weighted by Gasteiger charge is -2.22. The number of hydrogen-bond donors (Lipinski definition) is 0. The topological polar surface area (TPSA) is 60.5 Å². The van der Waals surface area contributed by atoms with Crippen LogP contribution in [0.5, 0.6) is 5.88 Å². The summed E-state index contributed by atoms with van der Waals surface area (Å²) >= 11 is 0. The highest BCUT2D eigenvalue weighted by molar-refractivity contribution is 5.93. The molecule has 0 saturated carbocycles. The van der Waals surface area contributed by atoms with Crippen molar-refractivity contribution in [3.63, 3.8) is 0 Å². The number of aryl methyl sites for hydroxylation is 2. The average molecular weight is 301 g/mol. The Balaban J connectivity index is 1.60. The molecule has 1 unspecified atom stereocenters. The summed E-state index contributed by atoms with van der Waals surface area (Å²) in [4.78, 5) is 14.7. The maximum absolute atomic E-state index is 12.8. The van der Waals surface area contributed by atoms with E-state index in [1.807, 2.05) is 24.0 Å². The number of carbonyl (C=O) groups is 1. The van der Waals surface area contributed by atoms with Crippen LogP contribution in [-0.4, -0.2) is 33.7 Å². The molecular weight excluding hydrogens is 282 g/mol. The molecule has 4 heterocycles. The van der Waals surface area contributed by atoms with Gasteiger partial charge in [-0.3, -0.25) is 4.79 Å². The first-order valence-corrected chi connectivity index (χ1v) is 7.80. The van der Waals surface area contributed by atoms with Gasteiger partial charge in [0.25, 0.3) is 5.91 Å². The van der Waals surface area contributed by atoms with Gasteiger partial charge in [-0.15, -0.1) is 0 Å². The molecule has 6 heteroatoms. The van der Waals surface area contributed by atoms with Crippen molar-refractivity contribution in [1.82, 2.24) is 14.7 Å². The van der Waals surface area contributed by atoms with Crippen molar-refractivity contribution in [1.29, 1.82) is 0 Å². The fourth-order valence-corrected chi connectivity index (χ4v) is 3.26. The van der Waals surface area contributed by atoms with Crippen LogP contribution >= 0.6 is 0 Å². The average Bonchev–Trinajstić information content (AvgIpc) is 3.24. The third-order valence-corrected chi connectivity index (χ3v) is 4.33. The molecule has 1 saturated heterocycles. The van der Waals surface area contributed by atoms with Crippen LogP contribution in [0.25, 0.3) is 0 Å². The Labute approximate surface area is 128 Å². The minimum Gasteiger partial charge on any atom is -0.478 e. The Bertz CT molecular complexity index is 680. The summed E-state index contributed by atoms with van der Waals surface area (Å²) in [7, 11) is 0. The molecule has 6 nitrogen and oxygen atoms in total. The zero-order valence-corrected chi connectivity index (χ0v) is 12.6. The van der Waals surface area contributed by atoms with Crippen molar-refractivity contribution in [3.8, 4) is 5.88 Å². The van der Waals surface area contributed by atoms with Crippen LogP contribution in [0.4, 0.5) is 0 Å². The smallest absolute Gasteiger partial charge is 0.275 e. The molecule has 22 heavy (non-hydrogen) atoms. The second-order valence-corrected chi connectivity index (χ2v) is 5.90. The zero-order valence-electron chi connectivity index (χ0n) is 12.6. The van der Waals surface area contributed by atoms with E-state index in [9.17, 15) is 4.79 Å². The summed E-state index contributed by atoms with van der Waals surface area (Å²) in [6.07, 6.45) is 2.85. The first-order chi connectivity index (χ1) is 10.7. The van der Waals surface area contributed by atoms with Crippen molar-refractivity contribution in [2.75, 3.05) is 13.2 Å². The second-order valence-electron chi connectivity index (χ2n) is 5.90. The van der Waals surface area contributed by atoms with Gasteiger partial charge in [-0.05, 0) is 31.9 Å². The molecule has 2 aromatic rings. The molecule has 1 fully saturated rings. The van der Waals surface area contributed by atoms with Gasteiger partial charge in [0.15, 0.2) is 5.69 Å². The van der Waals surface area contributed by atoms with E-state index in [1.54, 1.807) is 10.7 Å². The highest BCUT2D eigenvalue weighted by Gasteiger charge is 2.34. The molecule has 2 aliphatic rings. The first kappa shape index (κ1) is 13.4. The Morgan fingerprint density at radius 3 is 3.00 bits per heavy atom. The van der Waals surface area contributed by atoms with Crippen molar-refractivity contribution in [2.24, 2.45) is 0 Å². The van der Waals surface area contributed by atoms with E-state index in [4.69, 9.17) is 9.15 Å². The van der Waals surface area contributed by atoms with Gasteiger partial charge in [0.1, 0.15) is 11.5 Å². The van der Waals surface area contributed by atoms with Gasteiger partial charge in [-0.2, -0.15) is 5.10 Å². The van der Waals surface area contributed by atoms with Gasteiger partial charge in [0.05, 0.1) is 12.6 Å². The molecule has 0 aliphatic carbocycles. The van der Waals surface area contributed by atoms with Crippen molar-refractivity contribution in [2.45, 2.75) is 38.8 Å². The van der Waals surface area contributed by atoms with Crippen LogP contribution < -0.4 is 4.74 Å². The van der Waals surface area contributed by atoms with E-state index in [-0.39, 0.29) is 11.9 Å². The predicted molar refractivity (Wildman–Crippen MR) is 78.8 cm³/mol. The number of furan rings is 1. The Hall–Kier alpha value is -2.24. The summed E-state index contributed by atoms with van der Waals surface area (Å²) < 4.78 is 13.0. The van der Waals surface area contributed by atoms with Gasteiger partial charge in [0, 0.05) is 25.6 Å². The number of carbonyl (C=O) groups excluding carboxylic acids is 1. The molecule has 0 spiro atoms. The van der Waals surface area contributed by atoms with E-state index < -0.39 is 0 Å². The molecule has 2 aromatic heterocycles. The monoisotopic (exact) mass is 301 g/mol. The lowest BCUT2D eigenvalue weighted by atomic mass is 10.1. The number of hydrogen-bond acceptors (Lipinski definition) is 4. The van der Waals surface area contributed by atoms with E-state index in [0.717, 1.165) is 43.9 Å². The lowest BCUT2D eigenvalue weighted by molar-refractivity contribution is 0.0712. The SMILES string of the molecule is Cc1ccc(C2CCCN2C(=O)c2cc3n(n2)CCCO3)o1. The fourth-order valence-electron chi connectivity index (χ4n) is 3.26. The minimum atomic E-state index is -0.0398. The number of amides is 1. The number of aromatic nitrogens is 2. The zero-order chi connectivity index (χ0) is 15.1. The number of likely N-dealkylation sites (tertiary alicyclic amines) is 1. The fraction of sp³-hybridized carbons (Fsp3) is 0.500. The Morgan fingerprint density at radius 2 is 2.23 bits per heavy atom. The van der Waals surface area contributed by atoms with Crippen molar-refractivity contribution < 1.29 is 13.9 Å². The molecule has 0 N–H and O–H groups in total. The largest absolute Gasteiger partial charge is 0.478 e. The third-order valence-electron chi connectivity index (χ3n) is 4.33. The molecule has 116 valence electrons. The van der Waals surface area contributed by atoms with Crippen LogP contribution in [0, 0.1) is 6.92 Å². The molecule has 2 aliphatic heterocycles. The van der Waals surface area contributed by atoms with Gasteiger partial charge in [0.2, 0.25) is 5.88 Å². The van der Waals surface area contributed by atoms with E-state index in [2.05, 4.69) is 5.10 Å². The van der Waals surface area contributed by atoms with Crippen LogP contribution in [-0.2, 0) is 6.54 Å². The second kappa shape index (κ2) is 5.19. The number of fused-ring (bicyclic) bond motifs is 1. The van der Waals surface area contributed by atoms with Gasteiger partial charge >= 0.3 is 0 Å². The van der Waals surface area contributed by atoms with Gasteiger partial charge in [-0.1, -0.05) is 0 Å². The van der Waals surface area contributed by atoms with Gasteiger partial charge < -0.3 is 14.1 Å². The van der Waals surface area contributed by atoms with Gasteiger partial charge in [-0.25, -0.2) is 4.68 Å². The summed E-state index contributed by atoms with van der Waals surface area (Å²) in [6.45, 7) is 4.17. The Kier molecular flexibility index (Phi) is 3.17. The van der Waals surface area contributed by atoms with Crippen LogP contribution in [0.3, 0.4) is 0 Å². The first-order valence-electron chi connectivity index (χ1n) is 7.80. The quantitative estimate of drug-likeness (QED) is 0.855. The maximum atomic E-state index is 12.8. The van der Waals surface area contributed by atoms with Crippen molar-refractivity contribution >= 4 is 5.91 Å². The number of ether oxygens (including phenoxy) is 1. The number of rotatable bonds is 2. The number of nitrogens with zero attached hydrogens (tertiary/aromatic N) is 3. The molecule has 0 bridgehead atoms. The van der Waals surface area contributed by atoms with E-state index >= 15 is 0 Å².